The number of morpholine rings is 1. The molecule has 1 atom stereocenters. The molecule has 0 spiro atoms. The Morgan fingerprint density at radius 1 is 1.39 bits per heavy atom. The van der Waals surface area contributed by atoms with E-state index in [0.717, 1.165) is 19.5 Å². The van der Waals surface area contributed by atoms with Crippen molar-refractivity contribution in [1.82, 2.24) is 15.1 Å². The number of ether oxygens (including phenoxy) is 2. The fourth-order valence-corrected chi connectivity index (χ4v) is 1.87. The normalized spacial score (nSPS) is 24.3. The SMILES string of the molecule is CN1CCOC(CNC(=O)OC(=O)N2CCC2)C1. The Morgan fingerprint density at radius 2 is 2.17 bits per heavy atom. The highest BCUT2D eigenvalue weighted by Gasteiger charge is 2.24. The van der Waals surface area contributed by atoms with Gasteiger partial charge in [0, 0.05) is 32.7 Å². The third-order valence-electron chi connectivity index (χ3n) is 3.11. The van der Waals surface area contributed by atoms with Crippen LogP contribution < -0.4 is 5.32 Å². The Labute approximate surface area is 106 Å². The van der Waals surface area contributed by atoms with Crippen LogP contribution in [0.25, 0.3) is 0 Å². The van der Waals surface area contributed by atoms with Gasteiger partial charge in [-0.05, 0) is 13.5 Å². The fraction of sp³-hybridized carbons (Fsp3) is 0.818. The fourth-order valence-electron chi connectivity index (χ4n) is 1.87. The van der Waals surface area contributed by atoms with Gasteiger partial charge in [0.15, 0.2) is 0 Å². The number of alkyl carbamates (subject to hydrolysis) is 1. The first-order chi connectivity index (χ1) is 8.65. The van der Waals surface area contributed by atoms with Crippen molar-refractivity contribution in [2.45, 2.75) is 12.5 Å². The van der Waals surface area contributed by atoms with E-state index in [2.05, 4.69) is 15.0 Å². The van der Waals surface area contributed by atoms with E-state index in [0.29, 0.717) is 26.2 Å². The molecule has 0 aromatic carbocycles. The maximum absolute atomic E-state index is 11.4. The monoisotopic (exact) mass is 257 g/mol. The summed E-state index contributed by atoms with van der Waals surface area (Å²) in [4.78, 5) is 26.3. The van der Waals surface area contributed by atoms with Crippen molar-refractivity contribution in [3.63, 3.8) is 0 Å². The van der Waals surface area contributed by atoms with E-state index in [1.54, 1.807) is 0 Å². The number of rotatable bonds is 2. The number of hydrogen-bond acceptors (Lipinski definition) is 5. The summed E-state index contributed by atoms with van der Waals surface area (Å²) in [7, 11) is 2.00. The molecule has 0 radical (unpaired) electrons. The molecule has 0 bridgehead atoms. The Kier molecular flexibility index (Phi) is 4.38. The molecule has 0 saturated carbocycles. The molecule has 0 aromatic heterocycles. The van der Waals surface area contributed by atoms with Gasteiger partial charge in [-0.25, -0.2) is 9.59 Å². The molecule has 0 aromatic rings. The number of likely N-dealkylation sites (tertiary alicyclic amines) is 1. The van der Waals surface area contributed by atoms with Crippen molar-refractivity contribution in [1.29, 1.82) is 0 Å². The highest BCUT2D eigenvalue weighted by Crippen LogP contribution is 2.07. The predicted octanol–water partition coefficient (Wildman–Crippen LogP) is -0.131. The first-order valence-electron chi connectivity index (χ1n) is 6.20. The highest BCUT2D eigenvalue weighted by atomic mass is 16.6. The van der Waals surface area contributed by atoms with Gasteiger partial charge in [0.2, 0.25) is 0 Å². The van der Waals surface area contributed by atoms with E-state index >= 15 is 0 Å². The molecule has 2 saturated heterocycles. The zero-order chi connectivity index (χ0) is 13.0. The van der Waals surface area contributed by atoms with Crippen molar-refractivity contribution in [2.75, 3.05) is 46.4 Å². The van der Waals surface area contributed by atoms with E-state index in [9.17, 15) is 9.59 Å². The van der Waals surface area contributed by atoms with Gasteiger partial charge >= 0.3 is 12.2 Å². The van der Waals surface area contributed by atoms with Crippen LogP contribution in [0.3, 0.4) is 0 Å². The number of amides is 2. The van der Waals surface area contributed by atoms with Crippen molar-refractivity contribution in [3.8, 4) is 0 Å². The summed E-state index contributed by atoms with van der Waals surface area (Å²) < 4.78 is 10.1. The molecular formula is C11H19N3O4. The number of hydrogen-bond donors (Lipinski definition) is 1. The number of carbonyl (C=O) groups is 2. The number of carbonyl (C=O) groups excluding carboxylic acids is 2. The summed E-state index contributed by atoms with van der Waals surface area (Å²) in [6.07, 6.45) is -0.349. The van der Waals surface area contributed by atoms with Gasteiger partial charge in [0.25, 0.3) is 0 Å². The molecule has 2 aliphatic rings. The van der Waals surface area contributed by atoms with Crippen LogP contribution in [0.4, 0.5) is 9.59 Å². The van der Waals surface area contributed by atoms with E-state index < -0.39 is 12.2 Å². The van der Waals surface area contributed by atoms with Crippen LogP contribution in [0.1, 0.15) is 6.42 Å². The van der Waals surface area contributed by atoms with Crippen molar-refractivity contribution >= 4 is 12.2 Å². The van der Waals surface area contributed by atoms with Crippen molar-refractivity contribution in [2.24, 2.45) is 0 Å². The molecule has 18 heavy (non-hydrogen) atoms. The third kappa shape index (κ3) is 3.58. The second kappa shape index (κ2) is 6.01. The lowest BCUT2D eigenvalue weighted by atomic mass is 10.2. The molecule has 2 aliphatic heterocycles. The molecule has 7 heteroatoms. The average Bonchev–Trinajstić information content (AvgIpc) is 2.24. The summed E-state index contributed by atoms with van der Waals surface area (Å²) in [6.45, 7) is 4.01. The summed E-state index contributed by atoms with van der Waals surface area (Å²) in [5, 5.41) is 2.55. The number of nitrogens with one attached hydrogen (secondary N) is 1. The molecule has 7 nitrogen and oxygen atoms in total. The van der Waals surface area contributed by atoms with Gasteiger partial charge in [-0.15, -0.1) is 0 Å². The first-order valence-corrected chi connectivity index (χ1v) is 6.20. The Bertz CT molecular complexity index is 319. The zero-order valence-corrected chi connectivity index (χ0v) is 10.6. The standard InChI is InChI=1S/C11H19N3O4/c1-13-5-6-17-9(8-13)7-12-10(15)18-11(16)14-3-2-4-14/h9H,2-8H2,1H3,(H,12,15). The summed E-state index contributed by atoms with van der Waals surface area (Å²) in [5.41, 5.74) is 0. The van der Waals surface area contributed by atoms with Crippen LogP contribution in [0.5, 0.6) is 0 Å². The molecular weight excluding hydrogens is 238 g/mol. The topological polar surface area (TPSA) is 71.1 Å². The first kappa shape index (κ1) is 13.1. The lowest BCUT2D eigenvalue weighted by Gasteiger charge is -2.30. The maximum Gasteiger partial charge on any atom is 0.418 e. The van der Waals surface area contributed by atoms with Crippen LogP contribution in [0.2, 0.25) is 0 Å². The van der Waals surface area contributed by atoms with Gasteiger partial charge in [0.1, 0.15) is 0 Å². The molecule has 2 amide bonds. The minimum atomic E-state index is -0.705. The third-order valence-corrected chi connectivity index (χ3v) is 3.11. The van der Waals surface area contributed by atoms with Gasteiger partial charge < -0.3 is 24.6 Å². The van der Waals surface area contributed by atoms with E-state index in [-0.39, 0.29) is 6.10 Å². The van der Waals surface area contributed by atoms with Crippen LogP contribution >= 0.6 is 0 Å². The molecule has 0 aliphatic carbocycles. The Hall–Kier alpha value is -1.34. The van der Waals surface area contributed by atoms with Crippen LogP contribution in [0.15, 0.2) is 0 Å². The quantitative estimate of drug-likeness (QED) is 0.698. The zero-order valence-electron chi connectivity index (χ0n) is 10.6. The minimum Gasteiger partial charge on any atom is -0.374 e. The molecule has 2 fully saturated rings. The van der Waals surface area contributed by atoms with E-state index in [4.69, 9.17) is 4.74 Å². The summed E-state index contributed by atoms with van der Waals surface area (Å²) >= 11 is 0. The van der Waals surface area contributed by atoms with Crippen LogP contribution in [-0.4, -0.2) is 74.5 Å². The molecule has 102 valence electrons. The number of nitrogens with zero attached hydrogens (tertiary/aromatic N) is 2. The van der Waals surface area contributed by atoms with Gasteiger partial charge in [-0.1, -0.05) is 0 Å². The Morgan fingerprint density at radius 3 is 2.78 bits per heavy atom. The molecule has 1 unspecified atom stereocenters. The minimum absolute atomic E-state index is 0.0459. The van der Waals surface area contributed by atoms with E-state index in [1.165, 1.54) is 4.90 Å². The second-order valence-corrected chi connectivity index (χ2v) is 4.63. The van der Waals surface area contributed by atoms with Crippen LogP contribution in [-0.2, 0) is 9.47 Å². The van der Waals surface area contributed by atoms with Crippen molar-refractivity contribution < 1.29 is 19.1 Å². The molecule has 2 rings (SSSR count). The largest absolute Gasteiger partial charge is 0.418 e. The lowest BCUT2D eigenvalue weighted by molar-refractivity contribution is -0.0178. The Balaban J connectivity index is 1.63. The predicted molar refractivity (Wildman–Crippen MR) is 63.3 cm³/mol. The summed E-state index contributed by atoms with van der Waals surface area (Å²) in [5.74, 6) is 0. The smallest absolute Gasteiger partial charge is 0.374 e. The summed E-state index contributed by atoms with van der Waals surface area (Å²) in [6, 6.07) is 0. The van der Waals surface area contributed by atoms with E-state index in [1.807, 2.05) is 7.05 Å². The van der Waals surface area contributed by atoms with Crippen LogP contribution in [0, 0.1) is 0 Å². The van der Waals surface area contributed by atoms with Gasteiger partial charge in [0.05, 0.1) is 12.7 Å². The second-order valence-electron chi connectivity index (χ2n) is 4.63. The number of likely N-dealkylation sites (N-methyl/N-ethyl adjacent to an activating group) is 1. The molecule has 2 heterocycles. The average molecular weight is 257 g/mol. The highest BCUT2D eigenvalue weighted by molar-refractivity contribution is 5.83. The van der Waals surface area contributed by atoms with Gasteiger partial charge in [-0.3, -0.25) is 0 Å². The van der Waals surface area contributed by atoms with Gasteiger partial charge in [-0.2, -0.15) is 0 Å². The maximum atomic E-state index is 11.4. The molecule has 1 N–H and O–H groups in total. The lowest BCUT2D eigenvalue weighted by Crippen LogP contribution is -2.48. The van der Waals surface area contributed by atoms with Crippen molar-refractivity contribution in [3.05, 3.63) is 0 Å².